The molecule has 1 aromatic heterocycles. The second-order valence-electron chi connectivity index (χ2n) is 5.52. The Bertz CT molecular complexity index is 985. The third kappa shape index (κ3) is 4.24. The van der Waals surface area contributed by atoms with E-state index >= 15 is 0 Å². The van der Waals surface area contributed by atoms with Crippen LogP contribution in [0, 0.1) is 10.1 Å². The topological polar surface area (TPSA) is 108 Å². The number of nitro benzene ring substituents is 1. The molecule has 3 rings (SSSR count). The third-order valence-corrected chi connectivity index (χ3v) is 4.09. The number of nitrogens with one attached hydrogen (secondary N) is 1. The summed E-state index contributed by atoms with van der Waals surface area (Å²) in [7, 11) is 1.58. The zero-order valence-electron chi connectivity index (χ0n) is 14.1. The van der Waals surface area contributed by atoms with Crippen molar-refractivity contribution in [3.8, 4) is 17.1 Å². The van der Waals surface area contributed by atoms with E-state index in [2.05, 4.69) is 10.5 Å². The Kier molecular flexibility index (Phi) is 5.37. The molecule has 0 fully saturated rings. The first-order chi connectivity index (χ1) is 13.0. The van der Waals surface area contributed by atoms with Gasteiger partial charge in [-0.25, -0.2) is 0 Å². The number of aromatic nitrogens is 1. The zero-order chi connectivity index (χ0) is 19.4. The van der Waals surface area contributed by atoms with Crippen molar-refractivity contribution in [2.75, 3.05) is 7.11 Å². The van der Waals surface area contributed by atoms with E-state index in [1.807, 2.05) is 12.1 Å². The summed E-state index contributed by atoms with van der Waals surface area (Å²) in [5.41, 5.74) is 1.13. The number of hydrogen-bond donors (Lipinski definition) is 1. The number of benzene rings is 2. The van der Waals surface area contributed by atoms with E-state index in [0.717, 1.165) is 17.4 Å². The van der Waals surface area contributed by atoms with Crippen molar-refractivity contribution >= 4 is 23.2 Å². The quantitative estimate of drug-likeness (QED) is 0.508. The van der Waals surface area contributed by atoms with Gasteiger partial charge in [0.15, 0.2) is 5.76 Å². The van der Waals surface area contributed by atoms with E-state index in [9.17, 15) is 14.9 Å². The molecule has 0 aliphatic carbocycles. The zero-order valence-corrected chi connectivity index (χ0v) is 14.9. The molecule has 3 aromatic rings. The summed E-state index contributed by atoms with van der Waals surface area (Å²) in [4.78, 5) is 22.5. The maximum atomic E-state index is 12.2. The van der Waals surface area contributed by atoms with Crippen molar-refractivity contribution in [1.29, 1.82) is 0 Å². The molecular weight excluding hydrogens is 374 g/mol. The number of nitro groups is 1. The molecular formula is C18H14ClN3O5. The van der Waals surface area contributed by atoms with Crippen molar-refractivity contribution in [2.45, 2.75) is 6.54 Å². The maximum absolute atomic E-state index is 12.2. The van der Waals surface area contributed by atoms with Crippen LogP contribution in [0.3, 0.4) is 0 Å². The molecule has 0 saturated heterocycles. The van der Waals surface area contributed by atoms with Gasteiger partial charge in [0.2, 0.25) is 0 Å². The standard InChI is InChI=1S/C18H14ClN3O5/c1-26-14-5-2-11(3-6-14)17-9-13(21-27-17)10-20-18(23)12-4-7-15(19)16(8-12)22(24)25/h2-9H,10H2,1H3,(H,20,23). The average Bonchev–Trinajstić information content (AvgIpc) is 3.15. The maximum Gasteiger partial charge on any atom is 0.288 e. The molecule has 8 nitrogen and oxygen atoms in total. The van der Waals surface area contributed by atoms with Gasteiger partial charge in [-0.3, -0.25) is 14.9 Å². The Morgan fingerprint density at radius 1 is 1.26 bits per heavy atom. The highest BCUT2D eigenvalue weighted by Gasteiger charge is 2.16. The third-order valence-electron chi connectivity index (χ3n) is 3.77. The second-order valence-corrected chi connectivity index (χ2v) is 5.92. The summed E-state index contributed by atoms with van der Waals surface area (Å²) >= 11 is 5.75. The number of methoxy groups -OCH3 is 1. The highest BCUT2D eigenvalue weighted by molar-refractivity contribution is 6.32. The monoisotopic (exact) mass is 387 g/mol. The lowest BCUT2D eigenvalue weighted by molar-refractivity contribution is -0.384. The van der Waals surface area contributed by atoms with E-state index in [1.54, 1.807) is 25.3 Å². The van der Waals surface area contributed by atoms with Gasteiger partial charge in [0.25, 0.3) is 11.6 Å². The lowest BCUT2D eigenvalue weighted by Crippen LogP contribution is -2.23. The first kappa shape index (κ1) is 18.4. The number of carbonyl (C=O) groups is 1. The molecule has 27 heavy (non-hydrogen) atoms. The summed E-state index contributed by atoms with van der Waals surface area (Å²) in [6, 6.07) is 12.8. The molecule has 138 valence electrons. The molecule has 0 atom stereocenters. The van der Waals surface area contributed by atoms with Gasteiger partial charge in [-0.1, -0.05) is 16.8 Å². The molecule has 0 saturated carbocycles. The number of halogens is 1. The van der Waals surface area contributed by atoms with Crippen LogP contribution in [0.25, 0.3) is 11.3 Å². The van der Waals surface area contributed by atoms with Gasteiger partial charge in [-0.15, -0.1) is 0 Å². The predicted molar refractivity (Wildman–Crippen MR) is 97.8 cm³/mol. The molecule has 0 spiro atoms. The molecule has 0 aliphatic rings. The normalized spacial score (nSPS) is 10.4. The molecule has 0 radical (unpaired) electrons. The molecule has 9 heteroatoms. The number of hydrogen-bond acceptors (Lipinski definition) is 6. The van der Waals surface area contributed by atoms with Crippen LogP contribution in [0.5, 0.6) is 5.75 Å². The van der Waals surface area contributed by atoms with Gasteiger partial charge in [-0.2, -0.15) is 0 Å². The van der Waals surface area contributed by atoms with E-state index in [1.165, 1.54) is 12.1 Å². The molecule has 0 unspecified atom stereocenters. The number of carbonyl (C=O) groups excluding carboxylic acids is 1. The van der Waals surface area contributed by atoms with Crippen LogP contribution >= 0.6 is 11.6 Å². The van der Waals surface area contributed by atoms with Crippen LogP contribution in [0.4, 0.5) is 5.69 Å². The molecule has 1 N–H and O–H groups in total. The fourth-order valence-electron chi connectivity index (χ4n) is 2.35. The largest absolute Gasteiger partial charge is 0.497 e. The molecule has 0 aliphatic heterocycles. The van der Waals surface area contributed by atoms with Crippen molar-refractivity contribution in [3.05, 3.63) is 74.9 Å². The van der Waals surface area contributed by atoms with Crippen LogP contribution in [0.2, 0.25) is 5.02 Å². The number of ether oxygens (including phenoxy) is 1. The first-order valence-electron chi connectivity index (χ1n) is 7.80. The van der Waals surface area contributed by atoms with Gasteiger partial charge >= 0.3 is 0 Å². The van der Waals surface area contributed by atoms with Gasteiger partial charge < -0.3 is 14.6 Å². The lowest BCUT2D eigenvalue weighted by atomic mass is 10.1. The minimum absolute atomic E-state index is 0.0304. The van der Waals surface area contributed by atoms with Crippen LogP contribution in [-0.2, 0) is 6.54 Å². The minimum atomic E-state index is -0.641. The highest BCUT2D eigenvalue weighted by Crippen LogP contribution is 2.25. The highest BCUT2D eigenvalue weighted by atomic mass is 35.5. The Balaban J connectivity index is 1.67. The van der Waals surface area contributed by atoms with Crippen LogP contribution in [0.15, 0.2) is 53.1 Å². The fraction of sp³-hybridized carbons (Fsp3) is 0.111. The molecule has 0 bridgehead atoms. The number of nitrogens with zero attached hydrogens (tertiary/aromatic N) is 2. The summed E-state index contributed by atoms with van der Waals surface area (Å²) in [5.74, 6) is 0.788. The van der Waals surface area contributed by atoms with Crippen molar-refractivity contribution in [2.24, 2.45) is 0 Å². The Hall–Kier alpha value is -3.39. The van der Waals surface area contributed by atoms with Crippen molar-refractivity contribution in [1.82, 2.24) is 10.5 Å². The Morgan fingerprint density at radius 2 is 2.00 bits per heavy atom. The van der Waals surface area contributed by atoms with Gasteiger partial charge in [0.05, 0.1) is 18.6 Å². The molecule has 1 heterocycles. The lowest BCUT2D eigenvalue weighted by Gasteiger charge is -2.03. The second kappa shape index (κ2) is 7.88. The van der Waals surface area contributed by atoms with Gasteiger partial charge in [0.1, 0.15) is 16.5 Å². The average molecular weight is 388 g/mol. The van der Waals surface area contributed by atoms with Crippen LogP contribution < -0.4 is 10.1 Å². The number of rotatable bonds is 6. The summed E-state index contributed by atoms with van der Waals surface area (Å²) < 4.78 is 10.4. The van der Waals surface area contributed by atoms with E-state index in [-0.39, 0.29) is 22.8 Å². The molecule has 1 amide bonds. The first-order valence-corrected chi connectivity index (χ1v) is 8.18. The van der Waals surface area contributed by atoms with Crippen molar-refractivity contribution in [3.63, 3.8) is 0 Å². The summed E-state index contributed by atoms with van der Waals surface area (Å²) in [6.07, 6.45) is 0. The number of amides is 1. The van der Waals surface area contributed by atoms with Gasteiger partial charge in [-0.05, 0) is 36.4 Å². The predicted octanol–water partition coefficient (Wildman–Crippen LogP) is 3.84. The fourth-order valence-corrected chi connectivity index (χ4v) is 2.54. The summed E-state index contributed by atoms with van der Waals surface area (Å²) in [5, 5.41) is 17.4. The van der Waals surface area contributed by atoms with E-state index in [4.69, 9.17) is 20.9 Å². The Morgan fingerprint density at radius 3 is 2.67 bits per heavy atom. The summed E-state index contributed by atoms with van der Waals surface area (Å²) in [6.45, 7) is 0.106. The minimum Gasteiger partial charge on any atom is -0.497 e. The van der Waals surface area contributed by atoms with E-state index < -0.39 is 10.8 Å². The SMILES string of the molecule is COc1ccc(-c2cc(CNC(=O)c3ccc(Cl)c([N+](=O)[O-])c3)no2)cc1. The molecule has 2 aromatic carbocycles. The smallest absolute Gasteiger partial charge is 0.288 e. The Labute approximate surface area is 158 Å². The van der Waals surface area contributed by atoms with Crippen LogP contribution in [-0.4, -0.2) is 23.1 Å². The van der Waals surface area contributed by atoms with Crippen molar-refractivity contribution < 1.29 is 19.0 Å². The van der Waals surface area contributed by atoms with Crippen LogP contribution in [0.1, 0.15) is 16.1 Å². The van der Waals surface area contributed by atoms with Gasteiger partial charge in [0, 0.05) is 23.3 Å². The van der Waals surface area contributed by atoms with E-state index in [0.29, 0.717) is 11.5 Å².